The maximum Gasteiger partial charge on any atom is 0.438 e. The van der Waals surface area contributed by atoms with Crippen LogP contribution in [-0.4, -0.2) is 48.6 Å². The molecule has 14 heteroatoms. The highest BCUT2D eigenvalue weighted by molar-refractivity contribution is 7.85. The summed E-state index contributed by atoms with van der Waals surface area (Å²) in [6.45, 7) is 4.37. The number of carbonyl (C=O) groups is 2. The lowest BCUT2D eigenvalue weighted by Crippen LogP contribution is -2.63. The number of para-hydroxylation sites is 1. The van der Waals surface area contributed by atoms with Crippen molar-refractivity contribution in [3.05, 3.63) is 42.0 Å². The van der Waals surface area contributed by atoms with Crippen molar-refractivity contribution in [2.24, 2.45) is 0 Å². The summed E-state index contributed by atoms with van der Waals surface area (Å²) in [6.07, 6.45) is -13.1. The van der Waals surface area contributed by atoms with E-state index >= 15 is 0 Å². The monoisotopic (exact) mass is 449 g/mol. The third-order valence-electron chi connectivity index (χ3n) is 3.22. The highest BCUT2D eigenvalue weighted by Gasteiger charge is 2.75. The van der Waals surface area contributed by atoms with Gasteiger partial charge in [-0.3, -0.25) is 0 Å². The average Bonchev–Trinajstić information content (AvgIpc) is 2.51. The van der Waals surface area contributed by atoms with Gasteiger partial charge in [-0.05, 0) is 19.1 Å². The first-order valence-corrected chi connectivity index (χ1v) is 8.76. The Kier molecular flexibility index (Phi) is 6.76. The molecule has 0 aliphatic heterocycles. The minimum Gasteiger partial charge on any atom is -0.748 e. The van der Waals surface area contributed by atoms with E-state index < -0.39 is 57.1 Å². The molecule has 0 unspecified atom stereocenters. The number of halogens is 6. The highest BCUT2D eigenvalue weighted by atomic mass is 32.2. The number of alkyl halides is 6. The van der Waals surface area contributed by atoms with Gasteiger partial charge in [0.1, 0.15) is 11.3 Å². The Hall–Kier alpha value is -2.61. The Morgan fingerprint density at radius 2 is 1.55 bits per heavy atom. The lowest BCUT2D eigenvalue weighted by atomic mass is 10.1. The summed E-state index contributed by atoms with van der Waals surface area (Å²) in [6, 6.07) is 3.62. The Bertz CT molecular complexity index is 904. The maximum atomic E-state index is 13.2. The Morgan fingerprint density at radius 3 is 1.97 bits per heavy atom. The Labute approximate surface area is 159 Å². The van der Waals surface area contributed by atoms with Crippen LogP contribution in [0.4, 0.5) is 26.3 Å². The van der Waals surface area contributed by atoms with Crippen molar-refractivity contribution in [2.75, 3.05) is 5.75 Å². The second-order valence-corrected chi connectivity index (χ2v) is 6.98. The van der Waals surface area contributed by atoms with Gasteiger partial charge >= 0.3 is 29.9 Å². The van der Waals surface area contributed by atoms with E-state index in [-0.39, 0.29) is 5.57 Å². The first-order chi connectivity index (χ1) is 12.9. The summed E-state index contributed by atoms with van der Waals surface area (Å²) in [7, 11) is -6.18. The van der Waals surface area contributed by atoms with E-state index in [4.69, 9.17) is 0 Å². The Balaban J connectivity index is 3.51. The normalized spacial score (nSPS) is 13.0. The van der Waals surface area contributed by atoms with Gasteiger partial charge in [0.25, 0.3) is 0 Å². The summed E-state index contributed by atoms with van der Waals surface area (Å²) < 4.78 is 120. The molecule has 0 amide bonds. The summed E-state index contributed by atoms with van der Waals surface area (Å²) >= 11 is 0. The molecular weight excluding hydrogens is 438 g/mol. The predicted molar refractivity (Wildman–Crippen MR) is 81.7 cm³/mol. The molecule has 0 spiro atoms. The van der Waals surface area contributed by atoms with Gasteiger partial charge in [0.15, 0.2) is 0 Å². The highest BCUT2D eigenvalue weighted by Crippen LogP contribution is 2.47. The smallest absolute Gasteiger partial charge is 0.438 e. The fraction of sp³-hybridized carbons (Fsp3) is 0.333. The van der Waals surface area contributed by atoms with Gasteiger partial charge in [0, 0.05) is 5.57 Å². The average molecular weight is 449 g/mol. The third kappa shape index (κ3) is 5.69. The first kappa shape index (κ1) is 24.4. The summed E-state index contributed by atoms with van der Waals surface area (Å²) in [5, 5.41) is 0. The molecule has 0 aromatic heterocycles. The van der Waals surface area contributed by atoms with E-state index in [1.54, 1.807) is 0 Å². The number of hydrogen-bond donors (Lipinski definition) is 0. The number of benzene rings is 1. The molecule has 7 nitrogen and oxygen atoms in total. The number of esters is 2. The number of carbonyl (C=O) groups excluding carboxylic acids is 2. The number of ether oxygens (including phenoxy) is 2. The van der Waals surface area contributed by atoms with E-state index in [2.05, 4.69) is 16.1 Å². The molecule has 1 aromatic rings. The van der Waals surface area contributed by atoms with E-state index in [0.717, 1.165) is 18.2 Å². The molecule has 0 saturated carbocycles. The van der Waals surface area contributed by atoms with Crippen molar-refractivity contribution in [2.45, 2.75) is 24.9 Å². The summed E-state index contributed by atoms with van der Waals surface area (Å²) in [5.41, 5.74) is -6.93. The van der Waals surface area contributed by atoms with Gasteiger partial charge in [-0.2, -0.15) is 26.3 Å². The zero-order valence-corrected chi connectivity index (χ0v) is 15.1. The fourth-order valence-electron chi connectivity index (χ4n) is 1.84. The largest absolute Gasteiger partial charge is 0.748 e. The van der Waals surface area contributed by atoms with Crippen LogP contribution in [0.5, 0.6) is 5.75 Å². The lowest BCUT2D eigenvalue weighted by molar-refractivity contribution is -0.356. The van der Waals surface area contributed by atoms with E-state index in [0.29, 0.717) is 6.07 Å². The summed E-state index contributed by atoms with van der Waals surface area (Å²) in [4.78, 5) is 23.6. The van der Waals surface area contributed by atoms with Gasteiger partial charge in [0.2, 0.25) is 0 Å². The van der Waals surface area contributed by atoms with Gasteiger partial charge in [-0.1, -0.05) is 18.7 Å². The van der Waals surface area contributed by atoms with E-state index in [1.807, 2.05) is 0 Å². The topological polar surface area (TPSA) is 110 Å². The second-order valence-electron chi connectivity index (χ2n) is 5.58. The van der Waals surface area contributed by atoms with Gasteiger partial charge in [-0.15, -0.1) is 0 Å². The van der Waals surface area contributed by atoms with Crippen LogP contribution < -0.4 is 4.74 Å². The molecule has 0 aliphatic rings. The van der Waals surface area contributed by atoms with Gasteiger partial charge in [-0.25, -0.2) is 18.0 Å². The van der Waals surface area contributed by atoms with E-state index in [9.17, 15) is 48.9 Å². The van der Waals surface area contributed by atoms with Crippen LogP contribution in [0.2, 0.25) is 0 Å². The van der Waals surface area contributed by atoms with Crippen LogP contribution >= 0.6 is 0 Å². The zero-order chi connectivity index (χ0) is 22.8. The molecular formula is C15H11F6O7S-. The fourth-order valence-corrected chi connectivity index (χ4v) is 2.73. The van der Waals surface area contributed by atoms with Crippen molar-refractivity contribution in [1.82, 2.24) is 0 Å². The van der Waals surface area contributed by atoms with Gasteiger partial charge < -0.3 is 14.0 Å². The molecule has 0 saturated heterocycles. The van der Waals surface area contributed by atoms with Crippen LogP contribution in [0.1, 0.15) is 17.3 Å². The van der Waals surface area contributed by atoms with Crippen molar-refractivity contribution in [3.63, 3.8) is 0 Å². The van der Waals surface area contributed by atoms with Gasteiger partial charge in [0.05, 0.1) is 15.9 Å². The van der Waals surface area contributed by atoms with Crippen LogP contribution in [0.15, 0.2) is 36.4 Å². The molecule has 0 atom stereocenters. The zero-order valence-electron chi connectivity index (χ0n) is 14.3. The molecule has 0 N–H and O–H groups in total. The van der Waals surface area contributed by atoms with Crippen LogP contribution in [0.3, 0.4) is 0 Å². The Morgan fingerprint density at radius 1 is 1.07 bits per heavy atom. The van der Waals surface area contributed by atoms with Crippen LogP contribution in [-0.2, 0) is 19.6 Å². The van der Waals surface area contributed by atoms with E-state index in [1.165, 1.54) is 6.92 Å². The third-order valence-corrected chi connectivity index (χ3v) is 3.98. The molecule has 162 valence electrons. The SMILES string of the molecule is C=C(C)C(=O)Oc1ccccc1C(=O)OC(CS(=O)(=O)[O-])(C(F)(F)F)C(F)(F)F. The molecule has 29 heavy (non-hydrogen) atoms. The van der Waals surface area contributed by atoms with Crippen molar-refractivity contribution >= 4 is 22.1 Å². The molecule has 1 aromatic carbocycles. The maximum absolute atomic E-state index is 13.2. The first-order valence-electron chi connectivity index (χ1n) is 7.18. The second kappa shape index (κ2) is 8.02. The molecule has 0 aliphatic carbocycles. The van der Waals surface area contributed by atoms with Crippen molar-refractivity contribution < 1.29 is 58.4 Å². The quantitative estimate of drug-likeness (QED) is 0.216. The molecule has 1 rings (SSSR count). The minimum atomic E-state index is -6.53. The predicted octanol–water partition coefficient (Wildman–Crippen LogP) is 2.73. The molecule has 0 bridgehead atoms. The molecule has 0 radical (unpaired) electrons. The van der Waals surface area contributed by atoms with Crippen LogP contribution in [0, 0.1) is 0 Å². The standard InChI is InChI=1S/C15H12F6O7S/c1-8(2)11(22)27-10-6-4-3-5-9(10)12(23)28-13(14(16,17)18,15(19,20)21)7-29(24,25)26/h3-6H,1,7H2,2H3,(H,24,25,26)/p-1. The van der Waals surface area contributed by atoms with Crippen molar-refractivity contribution in [3.8, 4) is 5.75 Å². The molecule has 0 fully saturated rings. The molecule has 0 heterocycles. The summed E-state index contributed by atoms with van der Waals surface area (Å²) in [5.74, 6) is -7.43. The number of hydrogen-bond acceptors (Lipinski definition) is 7. The van der Waals surface area contributed by atoms with Crippen molar-refractivity contribution in [1.29, 1.82) is 0 Å². The number of rotatable bonds is 6. The van der Waals surface area contributed by atoms with Crippen LogP contribution in [0.25, 0.3) is 0 Å². The minimum absolute atomic E-state index is 0.217. The lowest BCUT2D eigenvalue weighted by Gasteiger charge is -2.36.